The maximum Gasteiger partial charge on any atom is 0.119 e. The maximum atomic E-state index is 6.00. The van der Waals surface area contributed by atoms with E-state index in [-0.39, 0.29) is 0 Å². The summed E-state index contributed by atoms with van der Waals surface area (Å²) in [6.45, 7) is 10.2. The lowest BCUT2D eigenvalue weighted by atomic mass is 9.97. The van der Waals surface area contributed by atoms with Gasteiger partial charge in [-0.2, -0.15) is 0 Å². The van der Waals surface area contributed by atoms with Gasteiger partial charge in [-0.1, -0.05) is 32.6 Å². The number of hydrogen-bond acceptors (Lipinski definition) is 3. The lowest BCUT2D eigenvalue weighted by molar-refractivity contribution is 0.319. The molecule has 0 aliphatic carbocycles. The van der Waals surface area contributed by atoms with E-state index in [1.807, 2.05) is 0 Å². The predicted octanol–water partition coefficient (Wildman–Crippen LogP) is 4.40. The summed E-state index contributed by atoms with van der Waals surface area (Å²) in [5.41, 5.74) is 6.19. The van der Waals surface area contributed by atoms with Crippen molar-refractivity contribution in [3.05, 3.63) is 71.2 Å². The normalized spacial score (nSPS) is 17.2. The first-order valence-electron chi connectivity index (χ1n) is 9.16. The first-order chi connectivity index (χ1) is 12.1. The van der Waals surface area contributed by atoms with Crippen LogP contribution in [0.3, 0.4) is 0 Å². The van der Waals surface area contributed by atoms with Crippen LogP contribution in [-0.4, -0.2) is 23.5 Å². The average molecular weight is 336 g/mol. The Morgan fingerprint density at radius 3 is 2.80 bits per heavy atom. The number of aryl methyl sites for hydroxylation is 1. The summed E-state index contributed by atoms with van der Waals surface area (Å²) in [6, 6.07) is 12.7. The van der Waals surface area contributed by atoms with Crippen molar-refractivity contribution in [3.63, 3.8) is 0 Å². The largest absolute Gasteiger partial charge is 0.493 e. The molecule has 0 saturated heterocycles. The molecule has 3 heteroatoms. The Morgan fingerprint density at radius 2 is 2.00 bits per heavy atom. The lowest BCUT2D eigenvalue weighted by Crippen LogP contribution is -2.18. The van der Waals surface area contributed by atoms with Crippen LogP contribution in [0.5, 0.6) is 5.75 Å². The number of aromatic nitrogens is 1. The summed E-state index contributed by atoms with van der Waals surface area (Å²) in [5, 5.41) is 0. The van der Waals surface area contributed by atoms with Gasteiger partial charge in [-0.05, 0) is 54.2 Å². The van der Waals surface area contributed by atoms with Crippen LogP contribution < -0.4 is 4.74 Å². The molecule has 1 aliphatic heterocycles. The number of pyridine rings is 1. The smallest absolute Gasteiger partial charge is 0.119 e. The number of benzene rings is 1. The summed E-state index contributed by atoms with van der Waals surface area (Å²) in [5.74, 6) is 1.42. The number of ether oxygens (including phenoxy) is 1. The zero-order valence-electron chi connectivity index (χ0n) is 15.6. The zero-order chi connectivity index (χ0) is 17.8. The number of allylic oxidation sites excluding steroid dienone is 1. The quantitative estimate of drug-likeness (QED) is 0.809. The second kappa shape index (κ2) is 7.73. The van der Waals surface area contributed by atoms with E-state index in [0.717, 1.165) is 42.9 Å². The zero-order valence-corrected chi connectivity index (χ0v) is 15.6. The number of rotatable bonds is 5. The molecule has 0 spiro atoms. The van der Waals surface area contributed by atoms with Crippen LogP contribution in [0, 0.1) is 5.92 Å². The Bertz CT molecular complexity index is 753. The van der Waals surface area contributed by atoms with E-state index in [1.54, 1.807) is 0 Å². The minimum absolute atomic E-state index is 0.481. The van der Waals surface area contributed by atoms with Gasteiger partial charge in [0.1, 0.15) is 5.75 Å². The van der Waals surface area contributed by atoms with Crippen LogP contribution in [-0.2, 0) is 25.8 Å². The highest BCUT2D eigenvalue weighted by Crippen LogP contribution is 2.29. The molecule has 3 rings (SSSR count). The molecule has 0 N–H and O–H groups in total. The van der Waals surface area contributed by atoms with Crippen molar-refractivity contribution in [3.8, 4) is 5.75 Å². The lowest BCUT2D eigenvalue weighted by Gasteiger charge is -2.22. The molecule has 0 bridgehead atoms. The van der Waals surface area contributed by atoms with Crippen LogP contribution in [0.2, 0.25) is 0 Å². The molecule has 1 aromatic heterocycles. The monoisotopic (exact) mass is 336 g/mol. The molecule has 3 nitrogen and oxygen atoms in total. The summed E-state index contributed by atoms with van der Waals surface area (Å²) in [4.78, 5) is 6.89. The SMILES string of the molecule is C=C1[C@H](C)Cc2ccc(OCCc3cccc(CC)n3)cc2CN1C. The molecule has 132 valence electrons. The molecular formula is C22H28N2O. The van der Waals surface area contributed by atoms with E-state index in [2.05, 4.69) is 73.8 Å². The maximum absolute atomic E-state index is 6.00. The summed E-state index contributed by atoms with van der Waals surface area (Å²) < 4.78 is 6.00. The average Bonchev–Trinajstić information content (AvgIpc) is 2.72. The molecule has 0 unspecified atom stereocenters. The molecule has 25 heavy (non-hydrogen) atoms. The van der Waals surface area contributed by atoms with Crippen molar-refractivity contribution in [2.45, 2.75) is 39.7 Å². The first-order valence-corrected chi connectivity index (χ1v) is 9.16. The molecule has 2 aromatic rings. The van der Waals surface area contributed by atoms with Gasteiger partial charge in [0.25, 0.3) is 0 Å². The number of nitrogens with zero attached hydrogens (tertiary/aromatic N) is 2. The number of fused-ring (bicyclic) bond motifs is 1. The van der Waals surface area contributed by atoms with Gasteiger partial charge in [0.05, 0.1) is 6.61 Å². The standard InChI is InChI=1S/C22H28N2O/c1-5-20-7-6-8-21(23-20)11-12-25-22-10-9-18-13-16(2)17(3)24(4)15-19(18)14-22/h6-10,14,16H,3,5,11-13,15H2,1-2,4H3/t16-/m1/s1. The van der Waals surface area contributed by atoms with Crippen molar-refractivity contribution < 1.29 is 4.74 Å². The number of hydrogen-bond donors (Lipinski definition) is 0. The second-order valence-electron chi connectivity index (χ2n) is 6.96. The summed E-state index contributed by atoms with van der Waals surface area (Å²) in [6.07, 6.45) is 2.85. The Hall–Kier alpha value is -2.29. The fourth-order valence-corrected chi connectivity index (χ4v) is 3.36. The van der Waals surface area contributed by atoms with E-state index in [9.17, 15) is 0 Å². The van der Waals surface area contributed by atoms with E-state index in [0.29, 0.717) is 12.5 Å². The fourth-order valence-electron chi connectivity index (χ4n) is 3.36. The molecule has 1 atom stereocenters. The van der Waals surface area contributed by atoms with E-state index in [4.69, 9.17) is 4.74 Å². The fraction of sp³-hybridized carbons (Fsp3) is 0.409. The Balaban J connectivity index is 1.64. The van der Waals surface area contributed by atoms with Gasteiger partial charge in [0.2, 0.25) is 0 Å². The van der Waals surface area contributed by atoms with Crippen LogP contribution >= 0.6 is 0 Å². The van der Waals surface area contributed by atoms with Gasteiger partial charge < -0.3 is 9.64 Å². The van der Waals surface area contributed by atoms with Gasteiger partial charge >= 0.3 is 0 Å². The molecular weight excluding hydrogens is 308 g/mol. The van der Waals surface area contributed by atoms with Gasteiger partial charge in [-0.25, -0.2) is 0 Å². The molecule has 0 saturated carbocycles. The van der Waals surface area contributed by atoms with E-state index >= 15 is 0 Å². The summed E-state index contributed by atoms with van der Waals surface area (Å²) >= 11 is 0. The molecule has 1 aromatic carbocycles. The summed E-state index contributed by atoms with van der Waals surface area (Å²) in [7, 11) is 2.12. The van der Waals surface area contributed by atoms with E-state index in [1.165, 1.54) is 16.8 Å². The molecule has 0 amide bonds. The van der Waals surface area contributed by atoms with Crippen LogP contribution in [0.1, 0.15) is 36.4 Å². The second-order valence-corrected chi connectivity index (χ2v) is 6.96. The molecule has 2 heterocycles. The third kappa shape index (κ3) is 4.22. The first kappa shape index (κ1) is 17.5. The predicted molar refractivity (Wildman–Crippen MR) is 103 cm³/mol. The Labute approximate surface area is 151 Å². The third-order valence-corrected chi connectivity index (χ3v) is 5.02. The highest BCUT2D eigenvalue weighted by molar-refractivity contribution is 5.38. The highest BCUT2D eigenvalue weighted by Gasteiger charge is 2.19. The minimum atomic E-state index is 0.481. The minimum Gasteiger partial charge on any atom is -0.493 e. The van der Waals surface area contributed by atoms with Gasteiger partial charge in [0, 0.05) is 37.1 Å². The Kier molecular flexibility index (Phi) is 5.42. The molecule has 0 fully saturated rings. The van der Waals surface area contributed by atoms with Crippen LogP contribution in [0.15, 0.2) is 48.7 Å². The van der Waals surface area contributed by atoms with Crippen LogP contribution in [0.25, 0.3) is 0 Å². The van der Waals surface area contributed by atoms with Crippen molar-refractivity contribution in [2.75, 3.05) is 13.7 Å². The Morgan fingerprint density at radius 1 is 1.20 bits per heavy atom. The van der Waals surface area contributed by atoms with Gasteiger partial charge in [-0.3, -0.25) is 4.98 Å². The van der Waals surface area contributed by atoms with Crippen molar-refractivity contribution >= 4 is 0 Å². The van der Waals surface area contributed by atoms with Gasteiger partial charge in [-0.15, -0.1) is 0 Å². The van der Waals surface area contributed by atoms with Crippen molar-refractivity contribution in [1.29, 1.82) is 0 Å². The van der Waals surface area contributed by atoms with E-state index < -0.39 is 0 Å². The van der Waals surface area contributed by atoms with Crippen molar-refractivity contribution in [2.24, 2.45) is 5.92 Å². The van der Waals surface area contributed by atoms with Crippen molar-refractivity contribution in [1.82, 2.24) is 9.88 Å². The molecule has 0 radical (unpaired) electrons. The van der Waals surface area contributed by atoms with Crippen LogP contribution in [0.4, 0.5) is 0 Å². The molecule has 1 aliphatic rings. The topological polar surface area (TPSA) is 25.4 Å². The van der Waals surface area contributed by atoms with Gasteiger partial charge in [0.15, 0.2) is 0 Å². The third-order valence-electron chi connectivity index (χ3n) is 5.02. The highest BCUT2D eigenvalue weighted by atomic mass is 16.5.